The van der Waals surface area contributed by atoms with E-state index in [1.54, 1.807) is 20.8 Å². The monoisotopic (exact) mass is 287 g/mol. The van der Waals surface area contributed by atoms with E-state index >= 15 is 0 Å². The molecule has 0 spiro atoms. The maximum Gasteiger partial charge on any atom is 0.516 e. The highest BCUT2D eigenvalue weighted by Gasteiger charge is 2.35. The van der Waals surface area contributed by atoms with Crippen LogP contribution in [0.1, 0.15) is 48.0 Å². The van der Waals surface area contributed by atoms with Crippen LogP contribution in [0.3, 0.4) is 0 Å². The zero-order valence-electron chi connectivity index (χ0n) is 13.1. The van der Waals surface area contributed by atoms with Crippen LogP contribution in [0.4, 0.5) is 4.79 Å². The third-order valence-corrected chi connectivity index (χ3v) is 2.47. The summed E-state index contributed by atoms with van der Waals surface area (Å²) in [5.74, 6) is -0.626. The van der Waals surface area contributed by atoms with Gasteiger partial charge in [0.05, 0.1) is 11.7 Å². The number of rotatable bonds is 2. The minimum atomic E-state index is -0.968. The minimum Gasteiger partial charge on any atom is -0.428 e. The molecule has 1 fully saturated rings. The second-order valence-corrected chi connectivity index (χ2v) is 6.93. The summed E-state index contributed by atoms with van der Waals surface area (Å²) in [5.41, 5.74) is -0.950. The van der Waals surface area contributed by atoms with Gasteiger partial charge in [0.2, 0.25) is 0 Å². The van der Waals surface area contributed by atoms with Crippen molar-refractivity contribution in [2.45, 2.75) is 71.3 Å². The first-order valence-corrected chi connectivity index (χ1v) is 6.82. The fourth-order valence-corrected chi connectivity index (χ4v) is 1.90. The van der Waals surface area contributed by atoms with E-state index in [0.29, 0.717) is 13.0 Å². The van der Waals surface area contributed by atoms with Crippen molar-refractivity contribution in [2.75, 3.05) is 6.54 Å². The van der Waals surface area contributed by atoms with Gasteiger partial charge in [-0.1, -0.05) is 0 Å². The van der Waals surface area contributed by atoms with Gasteiger partial charge in [-0.15, -0.1) is 0 Å². The second kappa shape index (κ2) is 6.10. The molecule has 6 nitrogen and oxygen atoms in total. The fourth-order valence-electron chi connectivity index (χ4n) is 1.90. The van der Waals surface area contributed by atoms with Crippen LogP contribution in [0.2, 0.25) is 0 Å². The van der Waals surface area contributed by atoms with Crippen LogP contribution >= 0.6 is 0 Å². The van der Waals surface area contributed by atoms with Crippen molar-refractivity contribution in [2.24, 2.45) is 0 Å². The lowest BCUT2D eigenvalue weighted by Crippen LogP contribution is -2.35. The van der Waals surface area contributed by atoms with Crippen LogP contribution in [0, 0.1) is 0 Å². The molecule has 6 heteroatoms. The Balaban J connectivity index is 2.41. The Morgan fingerprint density at radius 2 is 1.65 bits per heavy atom. The van der Waals surface area contributed by atoms with Gasteiger partial charge in [0.1, 0.15) is 11.6 Å². The standard InChI is InChI=1S/C14H25NO5/c1-13(2,3)19-9-7-10(15-8-9)11(16)18-12(17)20-14(4,5)6/h9-10,15H,7-8H2,1-6H3/t9-,10+/m1/s1. The van der Waals surface area contributed by atoms with Gasteiger partial charge in [-0.25, -0.2) is 9.59 Å². The van der Waals surface area contributed by atoms with Crippen molar-refractivity contribution < 1.29 is 23.8 Å². The SMILES string of the molecule is CC(C)(C)OC(=O)OC(=O)[C@@H]1C[C@@H](OC(C)(C)C)CN1. The molecule has 1 rings (SSSR count). The molecule has 0 unspecified atom stereocenters. The minimum absolute atomic E-state index is 0.0637. The molecule has 0 aromatic rings. The first-order chi connectivity index (χ1) is 8.96. The highest BCUT2D eigenvalue weighted by molar-refractivity contribution is 5.85. The van der Waals surface area contributed by atoms with Crippen LogP contribution in [-0.4, -0.2) is 42.0 Å². The quantitative estimate of drug-likeness (QED) is 0.618. The zero-order chi connectivity index (χ0) is 15.6. The smallest absolute Gasteiger partial charge is 0.428 e. The Kier molecular flexibility index (Phi) is 5.15. The highest BCUT2D eigenvalue weighted by atomic mass is 16.7. The Bertz CT molecular complexity index is 367. The molecular formula is C14H25NO5. The summed E-state index contributed by atoms with van der Waals surface area (Å²) in [6.45, 7) is 11.6. The fraction of sp³-hybridized carbons (Fsp3) is 0.857. The summed E-state index contributed by atoms with van der Waals surface area (Å²) in [6.07, 6.45) is -0.547. The molecule has 0 bridgehead atoms. The number of esters is 1. The van der Waals surface area contributed by atoms with Gasteiger partial charge >= 0.3 is 12.1 Å². The first-order valence-electron chi connectivity index (χ1n) is 6.82. The number of carbonyl (C=O) groups is 2. The Hall–Kier alpha value is -1.14. The number of hydrogen-bond acceptors (Lipinski definition) is 6. The molecule has 0 aliphatic carbocycles. The largest absolute Gasteiger partial charge is 0.516 e. The molecule has 0 radical (unpaired) electrons. The second-order valence-electron chi connectivity index (χ2n) is 6.93. The number of nitrogens with one attached hydrogen (secondary N) is 1. The molecule has 1 N–H and O–H groups in total. The van der Waals surface area contributed by atoms with Crippen molar-refractivity contribution in [3.05, 3.63) is 0 Å². The van der Waals surface area contributed by atoms with Gasteiger partial charge in [0.25, 0.3) is 0 Å². The first kappa shape index (κ1) is 16.9. The molecule has 0 aromatic carbocycles. The molecular weight excluding hydrogens is 262 g/mol. The van der Waals surface area contributed by atoms with E-state index in [4.69, 9.17) is 9.47 Å². The number of hydrogen-bond donors (Lipinski definition) is 1. The van der Waals surface area contributed by atoms with Crippen molar-refractivity contribution in [1.29, 1.82) is 0 Å². The molecule has 0 saturated carbocycles. The summed E-state index contributed by atoms with van der Waals surface area (Å²) in [6, 6.07) is -0.533. The van der Waals surface area contributed by atoms with E-state index in [2.05, 4.69) is 10.1 Å². The molecule has 1 aliphatic rings. The van der Waals surface area contributed by atoms with Gasteiger partial charge in [-0.05, 0) is 41.5 Å². The van der Waals surface area contributed by atoms with E-state index in [-0.39, 0.29) is 11.7 Å². The normalized spacial score (nSPS) is 23.5. The number of ether oxygens (including phenoxy) is 3. The van der Waals surface area contributed by atoms with Gasteiger partial charge in [0.15, 0.2) is 0 Å². The maximum absolute atomic E-state index is 11.8. The molecule has 1 aliphatic heterocycles. The van der Waals surface area contributed by atoms with E-state index in [1.165, 1.54) is 0 Å². The van der Waals surface area contributed by atoms with Crippen LogP contribution in [-0.2, 0) is 19.0 Å². The van der Waals surface area contributed by atoms with Gasteiger partial charge < -0.3 is 19.5 Å². The zero-order valence-corrected chi connectivity index (χ0v) is 13.1. The van der Waals surface area contributed by atoms with Crippen molar-refractivity contribution in [3.63, 3.8) is 0 Å². The topological polar surface area (TPSA) is 73.9 Å². The lowest BCUT2D eigenvalue weighted by Gasteiger charge is -2.24. The number of carbonyl (C=O) groups excluding carboxylic acids is 2. The van der Waals surface area contributed by atoms with Crippen molar-refractivity contribution >= 4 is 12.1 Å². The molecule has 1 saturated heterocycles. The Labute approximate surface area is 120 Å². The summed E-state index contributed by atoms with van der Waals surface area (Å²) >= 11 is 0. The van der Waals surface area contributed by atoms with Gasteiger partial charge in [-0.2, -0.15) is 0 Å². The lowest BCUT2D eigenvalue weighted by molar-refractivity contribution is -0.144. The third-order valence-electron chi connectivity index (χ3n) is 2.47. The van der Waals surface area contributed by atoms with E-state index in [0.717, 1.165) is 0 Å². The lowest BCUT2D eigenvalue weighted by atomic mass is 10.1. The predicted molar refractivity (Wildman–Crippen MR) is 73.4 cm³/mol. The van der Waals surface area contributed by atoms with Gasteiger partial charge in [-0.3, -0.25) is 0 Å². The van der Waals surface area contributed by atoms with E-state index in [9.17, 15) is 9.59 Å². The highest BCUT2D eigenvalue weighted by Crippen LogP contribution is 2.19. The molecule has 2 atom stereocenters. The Morgan fingerprint density at radius 3 is 2.15 bits per heavy atom. The predicted octanol–water partition coefficient (Wildman–Crippen LogP) is 2.01. The summed E-state index contributed by atoms with van der Waals surface area (Å²) in [4.78, 5) is 23.2. The average Bonchev–Trinajstić information content (AvgIpc) is 2.59. The van der Waals surface area contributed by atoms with Crippen LogP contribution in [0.5, 0.6) is 0 Å². The Morgan fingerprint density at radius 1 is 1.05 bits per heavy atom. The van der Waals surface area contributed by atoms with Crippen LogP contribution in [0.15, 0.2) is 0 Å². The molecule has 0 amide bonds. The van der Waals surface area contributed by atoms with Crippen LogP contribution in [0.25, 0.3) is 0 Å². The summed E-state index contributed by atoms with van der Waals surface area (Å²) < 4.78 is 15.4. The average molecular weight is 287 g/mol. The molecule has 1 heterocycles. The van der Waals surface area contributed by atoms with E-state index in [1.807, 2.05) is 20.8 Å². The van der Waals surface area contributed by atoms with Crippen molar-refractivity contribution in [1.82, 2.24) is 5.32 Å². The van der Waals surface area contributed by atoms with E-state index < -0.39 is 23.8 Å². The van der Waals surface area contributed by atoms with Crippen molar-refractivity contribution in [3.8, 4) is 0 Å². The van der Waals surface area contributed by atoms with Gasteiger partial charge in [0, 0.05) is 13.0 Å². The summed E-state index contributed by atoms with van der Waals surface area (Å²) in [5, 5.41) is 2.99. The molecule has 116 valence electrons. The maximum atomic E-state index is 11.8. The summed E-state index contributed by atoms with van der Waals surface area (Å²) in [7, 11) is 0. The third kappa shape index (κ3) is 6.34. The molecule has 0 aromatic heterocycles. The van der Waals surface area contributed by atoms with Crippen LogP contribution < -0.4 is 5.32 Å². The molecule has 20 heavy (non-hydrogen) atoms.